The number of aromatic nitrogens is 1. The van der Waals surface area contributed by atoms with E-state index in [0.29, 0.717) is 29.4 Å². The van der Waals surface area contributed by atoms with Crippen molar-refractivity contribution in [2.75, 3.05) is 25.0 Å². The summed E-state index contributed by atoms with van der Waals surface area (Å²) in [5.41, 5.74) is 0.447. The molecule has 3 rings (SSSR count). The van der Waals surface area contributed by atoms with Crippen LogP contribution in [-0.4, -0.2) is 40.5 Å². The van der Waals surface area contributed by atoms with Crippen LogP contribution in [0.4, 0.5) is 5.82 Å². The van der Waals surface area contributed by atoms with Gasteiger partial charge in [0.25, 0.3) is 5.91 Å². The number of benzene rings is 1. The Morgan fingerprint density at radius 1 is 1.26 bits per heavy atom. The molecule has 1 amide bonds. The number of likely N-dealkylation sites (tertiary alicyclic amines) is 1. The second-order valence-electron chi connectivity index (χ2n) is 7.22. The first-order chi connectivity index (χ1) is 13.0. The molecule has 0 saturated carbocycles. The first kappa shape index (κ1) is 19.6. The smallest absolute Gasteiger partial charge is 0.255 e. The molecule has 1 atom stereocenters. The standard InChI is InChI=1S/C21H26ClN3O2/c1-21(27,17-8-4-2-5-9-17)10-11-23-19-18(22)14-16(15-24-19)20(26)25-12-6-3-7-13-25/h2,4-5,8-9,14-15,27H,3,6-7,10-13H2,1H3,(H,23,24). The minimum absolute atomic E-state index is 0.0114. The van der Waals surface area contributed by atoms with E-state index in [9.17, 15) is 9.90 Å². The van der Waals surface area contributed by atoms with E-state index < -0.39 is 5.60 Å². The van der Waals surface area contributed by atoms with Gasteiger partial charge in [-0.25, -0.2) is 4.98 Å². The fourth-order valence-corrected chi connectivity index (χ4v) is 3.56. The van der Waals surface area contributed by atoms with Crippen LogP contribution in [0, 0.1) is 0 Å². The number of anilines is 1. The van der Waals surface area contributed by atoms with Crippen LogP contribution in [0.15, 0.2) is 42.6 Å². The van der Waals surface area contributed by atoms with E-state index in [1.54, 1.807) is 19.2 Å². The van der Waals surface area contributed by atoms with Gasteiger partial charge in [0.2, 0.25) is 0 Å². The summed E-state index contributed by atoms with van der Waals surface area (Å²) in [7, 11) is 0. The predicted octanol–water partition coefficient (Wildman–Crippen LogP) is 4.07. The number of aliphatic hydroxyl groups is 1. The van der Waals surface area contributed by atoms with Gasteiger partial charge in [-0.05, 0) is 44.2 Å². The summed E-state index contributed by atoms with van der Waals surface area (Å²) in [5, 5.41) is 14.2. The minimum Gasteiger partial charge on any atom is -0.385 e. The molecular formula is C21H26ClN3O2. The number of piperidine rings is 1. The van der Waals surface area contributed by atoms with Crippen molar-refractivity contribution >= 4 is 23.3 Å². The Morgan fingerprint density at radius 2 is 1.96 bits per heavy atom. The van der Waals surface area contributed by atoms with Gasteiger partial charge in [0.05, 0.1) is 16.2 Å². The molecule has 2 N–H and O–H groups in total. The van der Waals surface area contributed by atoms with Gasteiger partial charge in [-0.15, -0.1) is 0 Å². The molecule has 1 aliphatic heterocycles. The molecule has 27 heavy (non-hydrogen) atoms. The highest BCUT2D eigenvalue weighted by Crippen LogP contribution is 2.26. The highest BCUT2D eigenvalue weighted by atomic mass is 35.5. The molecule has 1 aliphatic rings. The first-order valence-electron chi connectivity index (χ1n) is 9.44. The van der Waals surface area contributed by atoms with Crippen molar-refractivity contribution in [1.82, 2.24) is 9.88 Å². The normalized spacial score (nSPS) is 16.6. The maximum Gasteiger partial charge on any atom is 0.255 e. The van der Waals surface area contributed by atoms with E-state index in [0.717, 1.165) is 31.5 Å². The predicted molar refractivity (Wildman–Crippen MR) is 108 cm³/mol. The quantitative estimate of drug-likeness (QED) is 0.784. The second kappa shape index (κ2) is 8.72. The van der Waals surface area contributed by atoms with Crippen molar-refractivity contribution in [2.24, 2.45) is 0 Å². The molecule has 144 valence electrons. The van der Waals surface area contributed by atoms with Gasteiger partial charge in [-0.3, -0.25) is 4.79 Å². The van der Waals surface area contributed by atoms with Gasteiger partial charge in [-0.1, -0.05) is 41.9 Å². The Morgan fingerprint density at radius 3 is 2.63 bits per heavy atom. The Balaban J connectivity index is 1.59. The molecule has 1 fully saturated rings. The number of rotatable bonds is 6. The molecule has 1 aromatic carbocycles. The average molecular weight is 388 g/mol. The largest absolute Gasteiger partial charge is 0.385 e. The van der Waals surface area contributed by atoms with Gasteiger partial charge >= 0.3 is 0 Å². The van der Waals surface area contributed by atoms with Gasteiger partial charge in [-0.2, -0.15) is 0 Å². The molecule has 5 nitrogen and oxygen atoms in total. The topological polar surface area (TPSA) is 65.5 Å². The summed E-state index contributed by atoms with van der Waals surface area (Å²) >= 11 is 6.32. The summed E-state index contributed by atoms with van der Waals surface area (Å²) in [4.78, 5) is 18.7. The summed E-state index contributed by atoms with van der Waals surface area (Å²) in [6.45, 7) is 3.89. The molecule has 6 heteroatoms. The third kappa shape index (κ3) is 4.99. The van der Waals surface area contributed by atoms with Crippen LogP contribution < -0.4 is 5.32 Å². The lowest BCUT2D eigenvalue weighted by atomic mass is 9.93. The van der Waals surface area contributed by atoms with Gasteiger partial charge in [0.1, 0.15) is 5.82 Å². The number of carbonyl (C=O) groups excluding carboxylic acids is 1. The second-order valence-corrected chi connectivity index (χ2v) is 7.63. The summed E-state index contributed by atoms with van der Waals surface area (Å²) < 4.78 is 0. The highest BCUT2D eigenvalue weighted by molar-refractivity contribution is 6.33. The van der Waals surface area contributed by atoms with Crippen molar-refractivity contribution in [1.29, 1.82) is 0 Å². The van der Waals surface area contributed by atoms with Crippen molar-refractivity contribution in [3.63, 3.8) is 0 Å². The first-order valence-corrected chi connectivity index (χ1v) is 9.82. The molecule has 0 bridgehead atoms. The SMILES string of the molecule is CC(O)(CCNc1ncc(C(=O)N2CCCCC2)cc1Cl)c1ccccc1. The third-order valence-corrected chi connectivity index (χ3v) is 5.32. The van der Waals surface area contributed by atoms with E-state index >= 15 is 0 Å². The Bertz CT molecular complexity index is 774. The molecule has 0 spiro atoms. The number of hydrogen-bond donors (Lipinski definition) is 2. The summed E-state index contributed by atoms with van der Waals surface area (Å²) in [5.74, 6) is 0.512. The number of amides is 1. The molecule has 1 aromatic heterocycles. The highest BCUT2D eigenvalue weighted by Gasteiger charge is 2.23. The number of carbonyl (C=O) groups is 1. The van der Waals surface area contributed by atoms with Gasteiger partial charge in [0.15, 0.2) is 0 Å². The van der Waals surface area contributed by atoms with E-state index in [1.165, 1.54) is 6.42 Å². The lowest BCUT2D eigenvalue weighted by Gasteiger charge is -2.26. The minimum atomic E-state index is -0.940. The number of nitrogens with zero attached hydrogens (tertiary/aromatic N) is 2. The van der Waals surface area contributed by atoms with Crippen LogP contribution in [0.1, 0.15) is 48.5 Å². The van der Waals surface area contributed by atoms with Crippen LogP contribution >= 0.6 is 11.6 Å². The zero-order valence-electron chi connectivity index (χ0n) is 15.6. The Kier molecular flexibility index (Phi) is 6.34. The summed E-state index contributed by atoms with van der Waals surface area (Å²) in [6.07, 6.45) is 5.35. The van der Waals surface area contributed by atoms with Crippen LogP contribution in [-0.2, 0) is 5.60 Å². The lowest BCUT2D eigenvalue weighted by Crippen LogP contribution is -2.35. The number of hydrogen-bond acceptors (Lipinski definition) is 4. The zero-order valence-corrected chi connectivity index (χ0v) is 16.4. The van der Waals surface area contributed by atoms with E-state index in [-0.39, 0.29) is 5.91 Å². The number of pyridine rings is 1. The van der Waals surface area contributed by atoms with E-state index in [1.807, 2.05) is 35.2 Å². The van der Waals surface area contributed by atoms with Crippen molar-refractivity contribution in [3.05, 3.63) is 58.7 Å². The van der Waals surface area contributed by atoms with Crippen molar-refractivity contribution < 1.29 is 9.90 Å². The van der Waals surface area contributed by atoms with Crippen molar-refractivity contribution in [2.45, 2.75) is 38.2 Å². The molecule has 2 heterocycles. The molecule has 0 aliphatic carbocycles. The van der Waals surface area contributed by atoms with Gasteiger partial charge < -0.3 is 15.3 Å². The maximum atomic E-state index is 12.5. The van der Waals surface area contributed by atoms with Crippen molar-refractivity contribution in [3.8, 4) is 0 Å². The maximum absolute atomic E-state index is 12.5. The number of nitrogens with one attached hydrogen (secondary N) is 1. The van der Waals surface area contributed by atoms with Gasteiger partial charge in [0, 0.05) is 25.8 Å². The lowest BCUT2D eigenvalue weighted by molar-refractivity contribution is 0.0515. The third-order valence-electron chi connectivity index (χ3n) is 5.03. The molecule has 1 saturated heterocycles. The van der Waals surface area contributed by atoms with Crippen LogP contribution in [0.2, 0.25) is 5.02 Å². The van der Waals surface area contributed by atoms with E-state index in [4.69, 9.17) is 11.6 Å². The Labute approximate surface area is 165 Å². The Hall–Kier alpha value is -2.11. The number of halogens is 1. The summed E-state index contributed by atoms with van der Waals surface area (Å²) in [6, 6.07) is 11.2. The monoisotopic (exact) mass is 387 g/mol. The molecule has 0 radical (unpaired) electrons. The molecular weight excluding hydrogens is 362 g/mol. The van der Waals surface area contributed by atoms with Crippen LogP contribution in [0.5, 0.6) is 0 Å². The molecule has 1 unspecified atom stereocenters. The zero-order chi connectivity index (χ0) is 19.3. The molecule has 2 aromatic rings. The van der Waals surface area contributed by atoms with E-state index in [2.05, 4.69) is 10.3 Å². The fraction of sp³-hybridized carbons (Fsp3) is 0.429. The van der Waals surface area contributed by atoms with Crippen LogP contribution in [0.3, 0.4) is 0 Å². The fourth-order valence-electron chi connectivity index (χ4n) is 3.33. The van der Waals surface area contributed by atoms with Crippen LogP contribution in [0.25, 0.3) is 0 Å². The average Bonchev–Trinajstić information content (AvgIpc) is 2.70.